The number of nitrogens with zero attached hydrogens (tertiary/aromatic N) is 1. The van der Waals surface area contributed by atoms with E-state index < -0.39 is 0 Å². The Morgan fingerprint density at radius 1 is 1.35 bits per heavy atom. The molecule has 110 valence electrons. The van der Waals surface area contributed by atoms with Crippen LogP contribution in [0.25, 0.3) is 0 Å². The van der Waals surface area contributed by atoms with Crippen LogP contribution in [0, 0.1) is 5.92 Å². The third-order valence-electron chi connectivity index (χ3n) is 4.01. The molecule has 3 rings (SSSR count). The van der Waals surface area contributed by atoms with Crippen LogP contribution in [0.4, 0.5) is 0 Å². The van der Waals surface area contributed by atoms with Gasteiger partial charge < -0.3 is 19.7 Å². The predicted molar refractivity (Wildman–Crippen MR) is 82.2 cm³/mol. The van der Waals surface area contributed by atoms with Gasteiger partial charge in [-0.3, -0.25) is 0 Å². The molecule has 1 aromatic rings. The van der Waals surface area contributed by atoms with Crippen molar-refractivity contribution >= 4 is 15.9 Å². The highest BCUT2D eigenvalue weighted by Crippen LogP contribution is 2.36. The molecule has 0 radical (unpaired) electrons. The summed E-state index contributed by atoms with van der Waals surface area (Å²) in [4.78, 5) is 2.42. The highest BCUT2D eigenvalue weighted by atomic mass is 79.9. The van der Waals surface area contributed by atoms with E-state index in [0.717, 1.165) is 35.0 Å². The van der Waals surface area contributed by atoms with Crippen LogP contribution in [0.3, 0.4) is 0 Å². The summed E-state index contributed by atoms with van der Waals surface area (Å²) < 4.78 is 11.9. The number of rotatable bonds is 4. The summed E-state index contributed by atoms with van der Waals surface area (Å²) in [6.07, 6.45) is 2.65. The lowest BCUT2D eigenvalue weighted by Crippen LogP contribution is -2.37. The van der Waals surface area contributed by atoms with Gasteiger partial charge >= 0.3 is 0 Å². The SMILES string of the molecule is CN1CCCC(CNCc2cc3c(cc2Br)OCO3)C1. The van der Waals surface area contributed by atoms with Gasteiger partial charge in [0.2, 0.25) is 6.79 Å². The summed E-state index contributed by atoms with van der Waals surface area (Å²) in [5.74, 6) is 2.44. The number of ether oxygens (including phenoxy) is 2. The highest BCUT2D eigenvalue weighted by Gasteiger charge is 2.18. The topological polar surface area (TPSA) is 33.7 Å². The lowest BCUT2D eigenvalue weighted by Gasteiger charge is -2.29. The molecule has 2 aliphatic heterocycles. The van der Waals surface area contributed by atoms with Crippen LogP contribution in [-0.4, -0.2) is 38.4 Å². The third kappa shape index (κ3) is 3.27. The van der Waals surface area contributed by atoms with Gasteiger partial charge in [-0.15, -0.1) is 0 Å². The normalized spacial score (nSPS) is 22.2. The zero-order valence-electron chi connectivity index (χ0n) is 11.8. The van der Waals surface area contributed by atoms with Crippen molar-refractivity contribution in [3.8, 4) is 11.5 Å². The van der Waals surface area contributed by atoms with E-state index >= 15 is 0 Å². The lowest BCUT2D eigenvalue weighted by atomic mass is 9.98. The molecule has 2 heterocycles. The maximum Gasteiger partial charge on any atom is 0.231 e. The fourth-order valence-corrected chi connectivity index (χ4v) is 3.41. The standard InChI is InChI=1S/C15H21BrN2O2/c1-18-4-2-3-11(9-18)7-17-8-12-5-14-15(6-13(12)16)20-10-19-14/h5-6,11,17H,2-4,7-10H2,1H3. The fourth-order valence-electron chi connectivity index (χ4n) is 2.95. The van der Waals surface area contributed by atoms with E-state index in [1.54, 1.807) is 0 Å². The second-order valence-corrected chi connectivity index (χ2v) is 6.55. The molecule has 5 heteroatoms. The van der Waals surface area contributed by atoms with Gasteiger partial charge in [0, 0.05) is 17.6 Å². The average Bonchev–Trinajstić information content (AvgIpc) is 2.86. The summed E-state index contributed by atoms with van der Waals surface area (Å²) in [5.41, 5.74) is 1.22. The van der Waals surface area contributed by atoms with Crippen molar-refractivity contribution in [3.63, 3.8) is 0 Å². The second kappa shape index (κ2) is 6.33. The second-order valence-electron chi connectivity index (χ2n) is 5.70. The molecule has 1 aromatic carbocycles. The minimum Gasteiger partial charge on any atom is -0.454 e. The molecular weight excluding hydrogens is 320 g/mol. The summed E-state index contributed by atoms with van der Waals surface area (Å²) in [6, 6.07) is 4.06. The summed E-state index contributed by atoms with van der Waals surface area (Å²) in [6.45, 7) is 4.70. The van der Waals surface area contributed by atoms with E-state index in [-0.39, 0.29) is 0 Å². The maximum absolute atomic E-state index is 5.43. The molecule has 1 fully saturated rings. The smallest absolute Gasteiger partial charge is 0.231 e. The molecule has 20 heavy (non-hydrogen) atoms. The van der Waals surface area contributed by atoms with Crippen molar-refractivity contribution in [2.24, 2.45) is 5.92 Å². The number of piperidine rings is 1. The van der Waals surface area contributed by atoms with Crippen LogP contribution in [0.5, 0.6) is 11.5 Å². The van der Waals surface area contributed by atoms with Crippen molar-refractivity contribution in [2.75, 3.05) is 33.5 Å². The zero-order valence-corrected chi connectivity index (χ0v) is 13.4. The molecule has 0 spiro atoms. The van der Waals surface area contributed by atoms with E-state index in [1.807, 2.05) is 6.07 Å². The minimum atomic E-state index is 0.326. The van der Waals surface area contributed by atoms with Gasteiger partial charge in [-0.25, -0.2) is 0 Å². The number of benzene rings is 1. The van der Waals surface area contributed by atoms with Crippen LogP contribution >= 0.6 is 15.9 Å². The number of hydrogen-bond donors (Lipinski definition) is 1. The van der Waals surface area contributed by atoms with Crippen molar-refractivity contribution in [2.45, 2.75) is 19.4 Å². The maximum atomic E-state index is 5.43. The van der Waals surface area contributed by atoms with Gasteiger partial charge in [-0.1, -0.05) is 15.9 Å². The summed E-state index contributed by atoms with van der Waals surface area (Å²) in [5, 5.41) is 3.57. The van der Waals surface area contributed by atoms with Gasteiger partial charge in [0.25, 0.3) is 0 Å². The van der Waals surface area contributed by atoms with Gasteiger partial charge in [0.1, 0.15) is 0 Å². The van der Waals surface area contributed by atoms with Gasteiger partial charge in [-0.2, -0.15) is 0 Å². The fraction of sp³-hybridized carbons (Fsp3) is 0.600. The number of hydrogen-bond acceptors (Lipinski definition) is 4. The first-order chi connectivity index (χ1) is 9.72. The Morgan fingerprint density at radius 3 is 2.95 bits per heavy atom. The Balaban J connectivity index is 1.53. The van der Waals surface area contributed by atoms with Crippen molar-refractivity contribution in [3.05, 3.63) is 22.2 Å². The molecule has 1 unspecified atom stereocenters. The third-order valence-corrected chi connectivity index (χ3v) is 4.75. The molecule has 0 amide bonds. The Kier molecular flexibility index (Phi) is 4.48. The summed E-state index contributed by atoms with van der Waals surface area (Å²) >= 11 is 3.60. The van der Waals surface area contributed by atoms with Gasteiger partial charge in [0.05, 0.1) is 0 Å². The van der Waals surface area contributed by atoms with E-state index in [4.69, 9.17) is 9.47 Å². The minimum absolute atomic E-state index is 0.326. The van der Waals surface area contributed by atoms with Gasteiger partial charge in [-0.05, 0) is 56.6 Å². The molecular formula is C15H21BrN2O2. The van der Waals surface area contributed by atoms with Crippen LogP contribution in [-0.2, 0) is 6.54 Å². The van der Waals surface area contributed by atoms with Crippen molar-refractivity contribution in [1.29, 1.82) is 0 Å². The van der Waals surface area contributed by atoms with E-state index in [0.29, 0.717) is 6.79 Å². The molecule has 0 aliphatic carbocycles. The Hall–Kier alpha value is -0.780. The number of halogens is 1. The molecule has 1 atom stereocenters. The largest absolute Gasteiger partial charge is 0.454 e. The van der Waals surface area contributed by atoms with Crippen LogP contribution < -0.4 is 14.8 Å². The van der Waals surface area contributed by atoms with E-state index in [2.05, 4.69) is 39.3 Å². The first kappa shape index (κ1) is 14.2. The summed E-state index contributed by atoms with van der Waals surface area (Å²) in [7, 11) is 2.21. The quantitative estimate of drug-likeness (QED) is 0.913. The Morgan fingerprint density at radius 2 is 2.15 bits per heavy atom. The molecule has 0 saturated carbocycles. The number of fused-ring (bicyclic) bond motifs is 1. The molecule has 4 nitrogen and oxygen atoms in total. The Bertz CT molecular complexity index is 481. The number of nitrogens with one attached hydrogen (secondary N) is 1. The molecule has 0 aromatic heterocycles. The first-order valence-corrected chi connectivity index (χ1v) is 7.99. The zero-order chi connectivity index (χ0) is 13.9. The van der Waals surface area contributed by atoms with Crippen molar-refractivity contribution < 1.29 is 9.47 Å². The molecule has 1 N–H and O–H groups in total. The van der Waals surface area contributed by atoms with Gasteiger partial charge in [0.15, 0.2) is 11.5 Å². The highest BCUT2D eigenvalue weighted by molar-refractivity contribution is 9.10. The predicted octanol–water partition coefficient (Wildman–Crippen LogP) is 2.61. The number of likely N-dealkylation sites (tertiary alicyclic amines) is 1. The van der Waals surface area contributed by atoms with E-state index in [9.17, 15) is 0 Å². The van der Waals surface area contributed by atoms with E-state index in [1.165, 1.54) is 31.5 Å². The molecule has 2 aliphatic rings. The lowest BCUT2D eigenvalue weighted by molar-refractivity contribution is 0.174. The van der Waals surface area contributed by atoms with Crippen LogP contribution in [0.1, 0.15) is 18.4 Å². The molecule has 1 saturated heterocycles. The molecule has 0 bridgehead atoms. The van der Waals surface area contributed by atoms with Crippen LogP contribution in [0.2, 0.25) is 0 Å². The average molecular weight is 341 g/mol. The van der Waals surface area contributed by atoms with Crippen LogP contribution in [0.15, 0.2) is 16.6 Å². The van der Waals surface area contributed by atoms with Crippen molar-refractivity contribution in [1.82, 2.24) is 10.2 Å². The first-order valence-electron chi connectivity index (χ1n) is 7.19. The monoisotopic (exact) mass is 340 g/mol. The Labute approximate surface area is 128 Å².